The number of nitrogens with zero attached hydrogens (tertiary/aromatic N) is 2. The van der Waals surface area contributed by atoms with E-state index in [0.29, 0.717) is 21.5 Å². The molecule has 3 rings (SSSR count). The van der Waals surface area contributed by atoms with Gasteiger partial charge in [0.25, 0.3) is 0 Å². The lowest BCUT2D eigenvalue weighted by atomic mass is 10.0. The Morgan fingerprint density at radius 2 is 1.78 bits per heavy atom. The van der Waals surface area contributed by atoms with Crippen LogP contribution in [0.5, 0.6) is 0 Å². The number of carbonyl (C=O) groups is 3. The number of thiazole rings is 1. The van der Waals surface area contributed by atoms with Gasteiger partial charge in [0.15, 0.2) is 5.13 Å². The highest BCUT2D eigenvalue weighted by Gasteiger charge is 2.20. The first-order valence-corrected chi connectivity index (χ1v) is 11.1. The number of rotatable bonds is 8. The summed E-state index contributed by atoms with van der Waals surface area (Å²) in [4.78, 5) is 42.1. The molecule has 0 bridgehead atoms. The lowest BCUT2D eigenvalue weighted by Gasteiger charge is -2.18. The number of ether oxygens (including phenoxy) is 1. The van der Waals surface area contributed by atoms with Gasteiger partial charge in [-0.05, 0) is 29.8 Å². The number of amides is 2. The van der Waals surface area contributed by atoms with E-state index in [1.54, 1.807) is 29.6 Å². The van der Waals surface area contributed by atoms with Crippen molar-refractivity contribution >= 4 is 51.5 Å². The van der Waals surface area contributed by atoms with Crippen molar-refractivity contribution in [2.75, 3.05) is 4.90 Å². The average Bonchev–Trinajstić information content (AvgIpc) is 3.21. The maximum atomic E-state index is 12.4. The Balaban J connectivity index is 1.64. The Bertz CT molecular complexity index is 1090. The summed E-state index contributed by atoms with van der Waals surface area (Å²) >= 11 is 7.20. The van der Waals surface area contributed by atoms with E-state index in [-0.39, 0.29) is 24.8 Å². The minimum atomic E-state index is -0.533. The molecule has 0 fully saturated rings. The molecule has 9 heteroatoms. The number of esters is 1. The van der Waals surface area contributed by atoms with Crippen molar-refractivity contribution in [2.24, 2.45) is 0 Å². The van der Waals surface area contributed by atoms with Crippen LogP contribution in [0, 0.1) is 0 Å². The van der Waals surface area contributed by atoms with E-state index in [0.717, 1.165) is 5.56 Å². The maximum absolute atomic E-state index is 12.4. The molecule has 1 heterocycles. The Morgan fingerprint density at radius 1 is 1.09 bits per heavy atom. The van der Waals surface area contributed by atoms with Crippen molar-refractivity contribution in [1.29, 1.82) is 0 Å². The summed E-state index contributed by atoms with van der Waals surface area (Å²) in [7, 11) is 0. The van der Waals surface area contributed by atoms with E-state index < -0.39 is 12.0 Å². The lowest BCUT2D eigenvalue weighted by Crippen LogP contribution is -2.28. The van der Waals surface area contributed by atoms with Crippen LogP contribution in [0.15, 0.2) is 60.0 Å². The Labute approximate surface area is 195 Å². The fraction of sp³-hybridized carbons (Fsp3) is 0.217. The second kappa shape index (κ2) is 10.9. The molecule has 0 aliphatic heterocycles. The Hall–Kier alpha value is -3.23. The van der Waals surface area contributed by atoms with Gasteiger partial charge in [-0.2, -0.15) is 0 Å². The molecule has 0 saturated carbocycles. The molecule has 1 N–H and O–H groups in total. The van der Waals surface area contributed by atoms with Crippen molar-refractivity contribution in [1.82, 2.24) is 10.3 Å². The average molecular weight is 472 g/mol. The van der Waals surface area contributed by atoms with E-state index in [1.165, 1.54) is 30.1 Å². The smallest absolute Gasteiger partial charge is 0.308 e. The molecule has 0 radical (unpaired) electrons. The zero-order valence-electron chi connectivity index (χ0n) is 17.6. The number of carbonyl (C=O) groups excluding carboxylic acids is 3. The van der Waals surface area contributed by atoms with Crippen LogP contribution in [0.4, 0.5) is 10.8 Å². The maximum Gasteiger partial charge on any atom is 0.308 e. The molecule has 0 saturated heterocycles. The molecule has 1 unspecified atom stereocenters. The minimum absolute atomic E-state index is 0.0384. The summed E-state index contributed by atoms with van der Waals surface area (Å²) in [5.41, 5.74) is 1.99. The van der Waals surface area contributed by atoms with Crippen LogP contribution in [-0.2, 0) is 25.7 Å². The molecule has 3 aromatic rings. The van der Waals surface area contributed by atoms with Crippen LogP contribution in [0.2, 0.25) is 5.02 Å². The molecule has 166 valence electrons. The molecular weight excluding hydrogens is 450 g/mol. The second-order valence-corrected chi connectivity index (χ2v) is 8.25. The quantitative estimate of drug-likeness (QED) is 0.477. The summed E-state index contributed by atoms with van der Waals surface area (Å²) in [5.74, 6) is -0.915. The monoisotopic (exact) mass is 471 g/mol. The molecule has 1 atom stereocenters. The van der Waals surface area contributed by atoms with E-state index in [1.807, 2.05) is 30.3 Å². The number of benzene rings is 2. The number of anilines is 2. The third kappa shape index (κ3) is 6.38. The number of para-hydroxylation sites is 1. The highest BCUT2D eigenvalue weighted by atomic mass is 35.5. The van der Waals surface area contributed by atoms with Crippen LogP contribution in [0.1, 0.15) is 37.6 Å². The van der Waals surface area contributed by atoms with Gasteiger partial charge >= 0.3 is 5.97 Å². The third-order valence-corrected chi connectivity index (χ3v) is 5.59. The first kappa shape index (κ1) is 23.4. The molecular formula is C23H22ClN3O4S. The van der Waals surface area contributed by atoms with Crippen LogP contribution in [-0.4, -0.2) is 22.8 Å². The Kier molecular flexibility index (Phi) is 7.97. The summed E-state index contributed by atoms with van der Waals surface area (Å²) in [6.45, 7) is 2.81. The van der Waals surface area contributed by atoms with E-state index in [9.17, 15) is 14.4 Å². The molecule has 0 spiro atoms. The second-order valence-electron chi connectivity index (χ2n) is 6.98. The topological polar surface area (TPSA) is 88.6 Å². The van der Waals surface area contributed by atoms with Gasteiger partial charge in [0, 0.05) is 24.3 Å². The molecule has 0 aliphatic rings. The van der Waals surface area contributed by atoms with E-state index in [4.69, 9.17) is 16.3 Å². The predicted molar refractivity (Wildman–Crippen MR) is 124 cm³/mol. The highest BCUT2D eigenvalue weighted by molar-refractivity contribution is 7.14. The molecule has 2 amide bonds. The SMILES string of the molecule is CC(=O)NC(CC(=O)OCc1csc(N(C(C)=O)c2ccccc2)n1)c1ccc(Cl)cc1. The first-order chi connectivity index (χ1) is 15.3. The Morgan fingerprint density at radius 3 is 2.41 bits per heavy atom. The summed E-state index contributed by atoms with van der Waals surface area (Å²) in [6, 6.07) is 15.6. The number of nitrogens with one attached hydrogen (secondary N) is 1. The molecule has 1 aromatic heterocycles. The number of halogens is 1. The zero-order chi connectivity index (χ0) is 23.1. The van der Waals surface area contributed by atoms with Crippen molar-refractivity contribution in [3.8, 4) is 0 Å². The van der Waals surface area contributed by atoms with Crippen molar-refractivity contribution in [3.63, 3.8) is 0 Å². The van der Waals surface area contributed by atoms with E-state index >= 15 is 0 Å². The fourth-order valence-electron chi connectivity index (χ4n) is 3.04. The standard InChI is InChI=1S/C23H22ClN3O4S/c1-15(28)25-21(17-8-10-18(24)11-9-17)12-22(30)31-13-19-14-32-23(26-19)27(16(2)29)20-6-4-3-5-7-20/h3-11,14,21H,12-13H2,1-2H3,(H,25,28). The first-order valence-electron chi connectivity index (χ1n) is 9.82. The largest absolute Gasteiger partial charge is 0.459 e. The van der Waals surface area contributed by atoms with Gasteiger partial charge < -0.3 is 10.1 Å². The van der Waals surface area contributed by atoms with Crippen LogP contribution in [0.25, 0.3) is 0 Å². The van der Waals surface area contributed by atoms with Crippen LogP contribution < -0.4 is 10.2 Å². The lowest BCUT2D eigenvalue weighted by molar-refractivity contribution is -0.145. The van der Waals surface area contributed by atoms with Crippen molar-refractivity contribution < 1.29 is 19.1 Å². The van der Waals surface area contributed by atoms with Gasteiger partial charge in [0.2, 0.25) is 11.8 Å². The van der Waals surface area contributed by atoms with Crippen LogP contribution >= 0.6 is 22.9 Å². The highest BCUT2D eigenvalue weighted by Crippen LogP contribution is 2.29. The van der Waals surface area contributed by atoms with E-state index in [2.05, 4.69) is 10.3 Å². The van der Waals surface area contributed by atoms with Gasteiger partial charge in [-0.25, -0.2) is 4.98 Å². The van der Waals surface area contributed by atoms with Crippen molar-refractivity contribution in [3.05, 3.63) is 76.3 Å². The molecule has 2 aromatic carbocycles. The van der Waals surface area contributed by atoms with Crippen molar-refractivity contribution in [2.45, 2.75) is 32.9 Å². The van der Waals surface area contributed by atoms with Gasteiger partial charge in [-0.15, -0.1) is 11.3 Å². The molecule has 0 aliphatic carbocycles. The van der Waals surface area contributed by atoms with Gasteiger partial charge in [-0.1, -0.05) is 41.9 Å². The predicted octanol–water partition coefficient (Wildman–Crippen LogP) is 4.79. The zero-order valence-corrected chi connectivity index (χ0v) is 19.2. The molecule has 32 heavy (non-hydrogen) atoms. The number of hydrogen-bond donors (Lipinski definition) is 1. The fourth-order valence-corrected chi connectivity index (χ4v) is 4.04. The summed E-state index contributed by atoms with van der Waals surface area (Å²) in [5, 5.41) is 5.55. The number of hydrogen-bond acceptors (Lipinski definition) is 6. The summed E-state index contributed by atoms with van der Waals surface area (Å²) in [6.07, 6.45) is -0.0399. The van der Waals surface area contributed by atoms with Gasteiger partial charge in [0.05, 0.1) is 23.8 Å². The third-order valence-electron chi connectivity index (χ3n) is 4.46. The number of aromatic nitrogens is 1. The minimum Gasteiger partial charge on any atom is -0.459 e. The molecule has 7 nitrogen and oxygen atoms in total. The van der Waals surface area contributed by atoms with Gasteiger partial charge in [0.1, 0.15) is 6.61 Å². The van der Waals surface area contributed by atoms with Gasteiger partial charge in [-0.3, -0.25) is 19.3 Å². The summed E-state index contributed by atoms with van der Waals surface area (Å²) < 4.78 is 5.37. The normalized spacial score (nSPS) is 11.5. The van der Waals surface area contributed by atoms with Crippen LogP contribution in [0.3, 0.4) is 0 Å².